The fraction of sp³-hybridized carbons (Fsp3) is 0.500. The van der Waals surface area contributed by atoms with Crippen molar-refractivity contribution in [2.24, 2.45) is 0 Å². The summed E-state index contributed by atoms with van der Waals surface area (Å²) in [5.74, 6) is -0.212. The van der Waals surface area contributed by atoms with Gasteiger partial charge in [0.25, 0.3) is 6.43 Å². The lowest BCUT2D eigenvalue weighted by Gasteiger charge is -2.35. The summed E-state index contributed by atoms with van der Waals surface area (Å²) in [5.41, 5.74) is 0.0907. The van der Waals surface area contributed by atoms with E-state index < -0.39 is 12.5 Å². The predicted octanol–water partition coefficient (Wildman–Crippen LogP) is 3.86. The summed E-state index contributed by atoms with van der Waals surface area (Å²) < 4.78 is 27.2. The summed E-state index contributed by atoms with van der Waals surface area (Å²) in [6.07, 6.45) is -2.62. The van der Waals surface area contributed by atoms with Gasteiger partial charge in [-0.25, -0.2) is 8.78 Å². The summed E-state index contributed by atoms with van der Waals surface area (Å²) in [6, 6.07) is 1.87. The number of hydrogen-bond donors (Lipinski definition) is 2. The maximum Gasteiger partial charge on any atom is 0.258 e. The second kappa shape index (κ2) is 9.33. The first-order valence-electron chi connectivity index (χ1n) is 5.92. The van der Waals surface area contributed by atoms with Crippen molar-refractivity contribution in [1.82, 2.24) is 10.2 Å². The van der Waals surface area contributed by atoms with Gasteiger partial charge in [0.1, 0.15) is 11.8 Å². The van der Waals surface area contributed by atoms with E-state index in [-0.39, 0.29) is 41.1 Å². The van der Waals surface area contributed by atoms with E-state index in [9.17, 15) is 13.9 Å². The zero-order chi connectivity index (χ0) is 14.0. The number of nitrogens with one attached hydrogen (secondary N) is 1. The topological polar surface area (TPSA) is 35.5 Å². The summed E-state index contributed by atoms with van der Waals surface area (Å²) >= 11 is 9.14. The Morgan fingerprint density at radius 3 is 2.33 bits per heavy atom. The molecule has 1 atom stereocenters. The van der Waals surface area contributed by atoms with Crippen LogP contribution in [0.1, 0.15) is 11.6 Å². The van der Waals surface area contributed by atoms with Crippen LogP contribution in [0.2, 0.25) is 5.02 Å². The van der Waals surface area contributed by atoms with E-state index in [1.807, 2.05) is 0 Å². The zero-order valence-electron chi connectivity index (χ0n) is 10.9. The fourth-order valence-electron chi connectivity index (χ4n) is 2.27. The lowest BCUT2D eigenvalue weighted by atomic mass is 10.0. The fourth-order valence-corrected chi connectivity index (χ4v) is 2.88. The highest BCUT2D eigenvalue weighted by Gasteiger charge is 2.34. The zero-order valence-corrected chi connectivity index (χ0v) is 14.8. The number of alkyl halides is 2. The lowest BCUT2D eigenvalue weighted by Crippen LogP contribution is -2.47. The number of halogens is 6. The van der Waals surface area contributed by atoms with Crippen molar-refractivity contribution in [3.8, 4) is 5.75 Å². The highest BCUT2D eigenvalue weighted by Crippen LogP contribution is 2.42. The van der Waals surface area contributed by atoms with Gasteiger partial charge in [-0.1, -0.05) is 11.6 Å². The minimum atomic E-state index is -2.62. The first kappa shape index (κ1) is 21.1. The summed E-state index contributed by atoms with van der Waals surface area (Å²) in [7, 11) is 0. The van der Waals surface area contributed by atoms with Crippen LogP contribution in [0.15, 0.2) is 16.6 Å². The molecule has 1 saturated heterocycles. The summed E-state index contributed by atoms with van der Waals surface area (Å²) in [4.78, 5) is 1.65. The first-order chi connectivity index (χ1) is 9.02. The van der Waals surface area contributed by atoms with Crippen molar-refractivity contribution >= 4 is 52.3 Å². The Hall–Kier alpha value is 0.150. The number of phenolic OH excluding ortho intramolecular Hbond substituents is 1. The lowest BCUT2D eigenvalue weighted by molar-refractivity contribution is 0.0170. The van der Waals surface area contributed by atoms with Gasteiger partial charge < -0.3 is 10.4 Å². The van der Waals surface area contributed by atoms with Gasteiger partial charge in [-0.15, -0.1) is 24.8 Å². The Morgan fingerprint density at radius 1 is 1.24 bits per heavy atom. The highest BCUT2D eigenvalue weighted by atomic mass is 79.9. The molecule has 0 saturated carbocycles. The van der Waals surface area contributed by atoms with Crippen LogP contribution < -0.4 is 5.32 Å². The molecule has 0 unspecified atom stereocenters. The molecule has 3 nitrogen and oxygen atoms in total. The first-order valence-corrected chi connectivity index (χ1v) is 7.09. The van der Waals surface area contributed by atoms with E-state index in [1.165, 1.54) is 6.07 Å². The minimum absolute atomic E-state index is 0. The van der Waals surface area contributed by atoms with Gasteiger partial charge in [0, 0.05) is 36.8 Å². The molecule has 122 valence electrons. The van der Waals surface area contributed by atoms with E-state index >= 15 is 0 Å². The van der Waals surface area contributed by atoms with E-state index in [4.69, 9.17) is 11.6 Å². The number of piperazine rings is 1. The smallest absolute Gasteiger partial charge is 0.258 e. The molecule has 0 aromatic heterocycles. The number of phenols is 1. The monoisotopic (exact) mass is 426 g/mol. The normalized spacial score (nSPS) is 17.0. The van der Waals surface area contributed by atoms with Crippen LogP contribution >= 0.6 is 52.3 Å². The molecule has 0 amide bonds. The van der Waals surface area contributed by atoms with E-state index in [2.05, 4.69) is 21.2 Å². The average molecular weight is 429 g/mol. The van der Waals surface area contributed by atoms with Gasteiger partial charge in [0.05, 0.1) is 4.47 Å². The molecule has 1 aromatic carbocycles. The van der Waals surface area contributed by atoms with Crippen molar-refractivity contribution < 1.29 is 13.9 Å². The minimum Gasteiger partial charge on any atom is -0.506 e. The van der Waals surface area contributed by atoms with Crippen molar-refractivity contribution in [2.75, 3.05) is 26.2 Å². The number of rotatable bonds is 3. The molecule has 0 radical (unpaired) electrons. The number of benzene rings is 1. The Bertz CT molecular complexity index is 462. The van der Waals surface area contributed by atoms with Crippen molar-refractivity contribution in [2.45, 2.75) is 12.5 Å². The van der Waals surface area contributed by atoms with Gasteiger partial charge in [-0.2, -0.15) is 0 Å². The van der Waals surface area contributed by atoms with Crippen LogP contribution in [-0.2, 0) is 0 Å². The molecule has 2 rings (SSSR count). The molecular weight excluding hydrogens is 412 g/mol. The molecule has 1 heterocycles. The second-order valence-electron chi connectivity index (χ2n) is 4.36. The quantitative estimate of drug-likeness (QED) is 0.768. The summed E-state index contributed by atoms with van der Waals surface area (Å²) in [5, 5.41) is 13.3. The van der Waals surface area contributed by atoms with Gasteiger partial charge in [0.2, 0.25) is 0 Å². The molecule has 1 aromatic rings. The number of hydrogen-bond acceptors (Lipinski definition) is 3. The third-order valence-corrected chi connectivity index (χ3v) is 4.16. The van der Waals surface area contributed by atoms with Crippen molar-refractivity contribution in [3.05, 3.63) is 27.2 Å². The van der Waals surface area contributed by atoms with E-state index in [1.54, 1.807) is 11.0 Å². The van der Waals surface area contributed by atoms with Crippen LogP contribution in [0, 0.1) is 0 Å². The maximum absolute atomic E-state index is 13.4. The van der Waals surface area contributed by atoms with Crippen molar-refractivity contribution in [1.29, 1.82) is 0 Å². The standard InChI is InChI=1S/C12H14BrClF2N2O.2ClH/c13-7-1-2-8(14)9(11(7)19)10(12(15)16)18-5-3-17-4-6-18;;/h1-2,10,12,17,19H,3-6H2;2*1H/t10-;;/m1../s1. The summed E-state index contributed by atoms with van der Waals surface area (Å²) in [6.45, 7) is 2.29. The Morgan fingerprint density at radius 2 is 1.81 bits per heavy atom. The Kier molecular flexibility index (Phi) is 9.39. The van der Waals surface area contributed by atoms with Gasteiger partial charge in [-0.05, 0) is 28.1 Å². The van der Waals surface area contributed by atoms with Crippen LogP contribution in [0.4, 0.5) is 8.78 Å². The van der Waals surface area contributed by atoms with Crippen molar-refractivity contribution in [3.63, 3.8) is 0 Å². The molecular formula is C12H16BrCl3F2N2O. The largest absolute Gasteiger partial charge is 0.506 e. The number of aromatic hydroxyl groups is 1. The Balaban J connectivity index is 0.00000200. The molecule has 1 aliphatic rings. The molecule has 9 heteroatoms. The van der Waals surface area contributed by atoms with Gasteiger partial charge in [-0.3, -0.25) is 4.90 Å². The van der Waals surface area contributed by atoms with Crippen LogP contribution in [0.3, 0.4) is 0 Å². The highest BCUT2D eigenvalue weighted by molar-refractivity contribution is 9.10. The van der Waals surface area contributed by atoms with Crippen LogP contribution in [0.25, 0.3) is 0 Å². The molecule has 1 fully saturated rings. The van der Waals surface area contributed by atoms with E-state index in [0.29, 0.717) is 30.7 Å². The SMILES string of the molecule is Cl.Cl.Oc1c(Br)ccc(Cl)c1[C@H](C(F)F)N1CCNCC1. The van der Waals surface area contributed by atoms with Gasteiger partial charge >= 0.3 is 0 Å². The van der Waals surface area contributed by atoms with E-state index in [0.717, 1.165) is 0 Å². The third kappa shape index (κ3) is 4.81. The van der Waals surface area contributed by atoms with Gasteiger partial charge in [0.15, 0.2) is 0 Å². The molecule has 1 aliphatic heterocycles. The molecule has 0 aliphatic carbocycles. The predicted molar refractivity (Wildman–Crippen MR) is 88.5 cm³/mol. The molecule has 0 bridgehead atoms. The molecule has 21 heavy (non-hydrogen) atoms. The second-order valence-corrected chi connectivity index (χ2v) is 5.62. The van der Waals surface area contributed by atoms with Crippen LogP contribution in [0.5, 0.6) is 5.75 Å². The number of nitrogens with zero attached hydrogens (tertiary/aromatic N) is 1. The maximum atomic E-state index is 13.4. The molecule has 0 spiro atoms. The molecule has 2 N–H and O–H groups in total. The third-order valence-electron chi connectivity index (χ3n) is 3.19. The Labute approximate surface area is 148 Å². The van der Waals surface area contributed by atoms with Crippen LogP contribution in [-0.4, -0.2) is 42.6 Å². The average Bonchev–Trinajstić information content (AvgIpc) is 2.39.